The van der Waals surface area contributed by atoms with E-state index in [1.165, 1.54) is 6.07 Å². The molecule has 2 N–H and O–H groups in total. The van der Waals surface area contributed by atoms with Gasteiger partial charge in [0.2, 0.25) is 0 Å². The molecule has 0 aliphatic rings. The zero-order valence-electron chi connectivity index (χ0n) is 10.9. The molecular weight excluding hydrogens is 261 g/mol. The van der Waals surface area contributed by atoms with Crippen molar-refractivity contribution >= 4 is 11.6 Å². The Labute approximate surface area is 118 Å². The highest BCUT2D eigenvalue weighted by atomic mass is 35.5. The molecule has 1 atom stereocenters. The molecule has 0 fully saturated rings. The molecule has 0 aliphatic heterocycles. The Morgan fingerprint density at radius 3 is 2.32 bits per heavy atom. The fraction of sp³-hybridized carbons (Fsp3) is 0.250. The maximum Gasteiger partial charge on any atom is 0.128 e. The van der Waals surface area contributed by atoms with Gasteiger partial charge in [-0.3, -0.25) is 0 Å². The van der Waals surface area contributed by atoms with E-state index in [0.29, 0.717) is 23.4 Å². The van der Waals surface area contributed by atoms with E-state index in [1.54, 1.807) is 12.1 Å². The third-order valence-electron chi connectivity index (χ3n) is 3.47. The van der Waals surface area contributed by atoms with Gasteiger partial charge in [0.05, 0.1) is 0 Å². The minimum Gasteiger partial charge on any atom is -0.321 e. The summed E-state index contributed by atoms with van der Waals surface area (Å²) in [6.07, 6.45) is 1.25. The molecule has 100 valence electrons. The zero-order valence-corrected chi connectivity index (χ0v) is 11.6. The van der Waals surface area contributed by atoms with Crippen LogP contribution in [0.1, 0.15) is 24.5 Å². The van der Waals surface area contributed by atoms with E-state index in [0.717, 1.165) is 5.56 Å². The van der Waals surface area contributed by atoms with E-state index in [2.05, 4.69) is 0 Å². The molecule has 0 amide bonds. The van der Waals surface area contributed by atoms with Gasteiger partial charge in [-0.05, 0) is 36.6 Å². The van der Waals surface area contributed by atoms with Crippen molar-refractivity contribution in [3.05, 3.63) is 70.5 Å². The maximum absolute atomic E-state index is 13.9. The molecule has 2 rings (SSSR count). The predicted molar refractivity (Wildman–Crippen MR) is 77.7 cm³/mol. The summed E-state index contributed by atoms with van der Waals surface area (Å²) < 4.78 is 13.9. The van der Waals surface area contributed by atoms with Crippen molar-refractivity contribution < 1.29 is 4.39 Å². The van der Waals surface area contributed by atoms with Gasteiger partial charge in [0.25, 0.3) is 0 Å². The van der Waals surface area contributed by atoms with Gasteiger partial charge in [0, 0.05) is 16.1 Å². The Balaban J connectivity index is 2.33. The number of hydrogen-bond donors (Lipinski definition) is 1. The summed E-state index contributed by atoms with van der Waals surface area (Å²) in [7, 11) is 0. The standard InChI is InChI=1S/C16H17ClFN/c1-2-16(19,14-5-3-4-6-15(14)18)11-12-7-9-13(17)10-8-12/h3-10H,2,11,19H2,1H3. The van der Waals surface area contributed by atoms with Crippen LogP contribution in [0.5, 0.6) is 0 Å². The van der Waals surface area contributed by atoms with Gasteiger partial charge >= 0.3 is 0 Å². The summed E-state index contributed by atoms with van der Waals surface area (Å²) >= 11 is 5.87. The van der Waals surface area contributed by atoms with Crippen LogP contribution >= 0.6 is 11.6 Å². The number of halogens is 2. The Hall–Kier alpha value is -1.38. The van der Waals surface area contributed by atoms with Gasteiger partial charge in [-0.15, -0.1) is 0 Å². The third kappa shape index (κ3) is 3.14. The molecule has 1 unspecified atom stereocenters. The normalized spacial score (nSPS) is 14.1. The van der Waals surface area contributed by atoms with Crippen molar-refractivity contribution in [1.82, 2.24) is 0 Å². The van der Waals surface area contributed by atoms with Crippen molar-refractivity contribution in [3.8, 4) is 0 Å². The molecule has 2 aromatic carbocycles. The van der Waals surface area contributed by atoms with Gasteiger partial charge < -0.3 is 5.73 Å². The average Bonchev–Trinajstić information content (AvgIpc) is 2.42. The lowest BCUT2D eigenvalue weighted by atomic mass is 9.82. The molecule has 0 saturated heterocycles. The summed E-state index contributed by atoms with van der Waals surface area (Å²) in [5, 5.41) is 0.689. The number of benzene rings is 2. The number of nitrogens with two attached hydrogens (primary N) is 1. The molecule has 1 nitrogen and oxygen atoms in total. The molecule has 2 aromatic rings. The Kier molecular flexibility index (Phi) is 4.23. The Morgan fingerprint density at radius 2 is 1.74 bits per heavy atom. The van der Waals surface area contributed by atoms with E-state index >= 15 is 0 Å². The molecule has 0 radical (unpaired) electrons. The molecule has 0 aliphatic carbocycles. The van der Waals surface area contributed by atoms with Gasteiger partial charge in [0.15, 0.2) is 0 Å². The Bertz CT molecular complexity index is 553. The first-order chi connectivity index (χ1) is 9.05. The maximum atomic E-state index is 13.9. The Morgan fingerprint density at radius 1 is 1.11 bits per heavy atom. The molecule has 0 heterocycles. The molecular formula is C16H17ClFN. The highest BCUT2D eigenvalue weighted by Crippen LogP contribution is 2.29. The van der Waals surface area contributed by atoms with E-state index in [-0.39, 0.29) is 5.82 Å². The molecule has 3 heteroatoms. The number of hydrogen-bond acceptors (Lipinski definition) is 1. The molecule has 0 bridgehead atoms. The van der Waals surface area contributed by atoms with Crippen LogP contribution in [0.25, 0.3) is 0 Å². The van der Waals surface area contributed by atoms with Crippen LogP contribution in [-0.4, -0.2) is 0 Å². The molecule has 0 aromatic heterocycles. The van der Waals surface area contributed by atoms with Gasteiger partial charge in [-0.1, -0.05) is 48.9 Å². The lowest BCUT2D eigenvalue weighted by Gasteiger charge is -2.29. The second-order valence-electron chi connectivity index (χ2n) is 4.79. The van der Waals surface area contributed by atoms with Crippen LogP contribution in [0.3, 0.4) is 0 Å². The van der Waals surface area contributed by atoms with E-state index in [9.17, 15) is 4.39 Å². The van der Waals surface area contributed by atoms with Crippen molar-refractivity contribution in [1.29, 1.82) is 0 Å². The topological polar surface area (TPSA) is 26.0 Å². The average molecular weight is 278 g/mol. The van der Waals surface area contributed by atoms with E-state index in [4.69, 9.17) is 17.3 Å². The van der Waals surface area contributed by atoms with Gasteiger partial charge in [0.1, 0.15) is 5.82 Å². The van der Waals surface area contributed by atoms with Crippen molar-refractivity contribution in [2.45, 2.75) is 25.3 Å². The highest BCUT2D eigenvalue weighted by Gasteiger charge is 2.28. The summed E-state index contributed by atoms with van der Waals surface area (Å²) in [5.74, 6) is -0.249. The van der Waals surface area contributed by atoms with Crippen LogP contribution in [0.4, 0.5) is 4.39 Å². The highest BCUT2D eigenvalue weighted by molar-refractivity contribution is 6.30. The van der Waals surface area contributed by atoms with Crippen LogP contribution < -0.4 is 5.73 Å². The fourth-order valence-corrected chi connectivity index (χ4v) is 2.37. The molecule has 0 saturated carbocycles. The van der Waals surface area contributed by atoms with E-state index in [1.807, 2.05) is 37.3 Å². The lowest BCUT2D eigenvalue weighted by Crippen LogP contribution is -2.39. The van der Waals surface area contributed by atoms with Gasteiger partial charge in [-0.2, -0.15) is 0 Å². The summed E-state index contributed by atoms with van der Waals surface area (Å²) in [4.78, 5) is 0. The first kappa shape index (κ1) is 14.0. The summed E-state index contributed by atoms with van der Waals surface area (Å²) in [6.45, 7) is 1.97. The molecule has 0 spiro atoms. The second kappa shape index (κ2) is 5.72. The van der Waals surface area contributed by atoms with Crippen LogP contribution in [0.15, 0.2) is 48.5 Å². The summed E-state index contributed by atoms with van der Waals surface area (Å²) in [6, 6.07) is 14.2. The van der Waals surface area contributed by atoms with E-state index < -0.39 is 5.54 Å². The van der Waals surface area contributed by atoms with Gasteiger partial charge in [-0.25, -0.2) is 4.39 Å². The van der Waals surface area contributed by atoms with Crippen molar-refractivity contribution in [2.75, 3.05) is 0 Å². The lowest BCUT2D eigenvalue weighted by molar-refractivity contribution is 0.403. The SMILES string of the molecule is CCC(N)(Cc1ccc(Cl)cc1)c1ccccc1F. The van der Waals surface area contributed by atoms with Crippen LogP contribution in [0, 0.1) is 5.82 Å². The predicted octanol–water partition coefficient (Wildman–Crippen LogP) is 4.29. The fourth-order valence-electron chi connectivity index (χ4n) is 2.24. The second-order valence-corrected chi connectivity index (χ2v) is 5.23. The first-order valence-corrected chi connectivity index (χ1v) is 6.71. The largest absolute Gasteiger partial charge is 0.321 e. The zero-order chi connectivity index (χ0) is 13.9. The van der Waals surface area contributed by atoms with Crippen LogP contribution in [0.2, 0.25) is 5.02 Å². The monoisotopic (exact) mass is 277 g/mol. The van der Waals surface area contributed by atoms with Crippen molar-refractivity contribution in [2.24, 2.45) is 5.73 Å². The smallest absolute Gasteiger partial charge is 0.128 e. The number of rotatable bonds is 4. The quantitative estimate of drug-likeness (QED) is 0.887. The third-order valence-corrected chi connectivity index (χ3v) is 3.73. The molecule has 19 heavy (non-hydrogen) atoms. The first-order valence-electron chi connectivity index (χ1n) is 6.33. The van der Waals surface area contributed by atoms with Crippen molar-refractivity contribution in [3.63, 3.8) is 0 Å². The minimum absolute atomic E-state index is 0.249. The minimum atomic E-state index is -0.695. The summed E-state index contributed by atoms with van der Waals surface area (Å²) in [5.41, 5.74) is 7.34. The van der Waals surface area contributed by atoms with Crippen LogP contribution in [-0.2, 0) is 12.0 Å².